The lowest BCUT2D eigenvalue weighted by Gasteiger charge is -2.43. The van der Waals surface area contributed by atoms with Crippen LogP contribution in [0.5, 0.6) is 0 Å². The molecule has 2 fully saturated rings. The summed E-state index contributed by atoms with van der Waals surface area (Å²) in [6.45, 7) is 4.76. The number of rotatable bonds is 5. The normalized spacial score (nSPS) is 26.7. The fourth-order valence-electron chi connectivity index (χ4n) is 4.34. The molecular weight excluding hydrogens is 352 g/mol. The topological polar surface area (TPSA) is 66.9 Å². The van der Waals surface area contributed by atoms with Crippen molar-refractivity contribution in [2.24, 2.45) is 11.3 Å². The van der Waals surface area contributed by atoms with Crippen LogP contribution in [0.1, 0.15) is 17.5 Å². The van der Waals surface area contributed by atoms with Gasteiger partial charge >= 0.3 is 0 Å². The summed E-state index contributed by atoms with van der Waals surface area (Å²) in [4.78, 5) is 14.7. The lowest BCUT2D eigenvalue weighted by atomic mass is 9.73. The summed E-state index contributed by atoms with van der Waals surface area (Å²) in [5.74, 6) is 0.229. The van der Waals surface area contributed by atoms with Gasteiger partial charge in [-0.15, -0.1) is 0 Å². The summed E-state index contributed by atoms with van der Waals surface area (Å²) < 4.78 is 31.0. The van der Waals surface area contributed by atoms with Crippen molar-refractivity contribution in [3.05, 3.63) is 35.4 Å². The number of sulfonamides is 1. The van der Waals surface area contributed by atoms with Gasteiger partial charge in [0, 0.05) is 38.7 Å². The lowest BCUT2D eigenvalue weighted by Crippen LogP contribution is -2.51. The molecule has 2 atom stereocenters. The molecule has 0 unspecified atom stereocenters. The minimum atomic E-state index is -3.23. The molecule has 0 aromatic heterocycles. The highest BCUT2D eigenvalue weighted by atomic mass is 32.2. The van der Waals surface area contributed by atoms with Crippen LogP contribution < -0.4 is 0 Å². The molecule has 26 heavy (non-hydrogen) atoms. The second-order valence-electron chi connectivity index (χ2n) is 7.80. The second kappa shape index (κ2) is 7.29. The van der Waals surface area contributed by atoms with E-state index in [2.05, 4.69) is 0 Å². The maximum atomic E-state index is 12.8. The van der Waals surface area contributed by atoms with Gasteiger partial charge in [0.05, 0.1) is 19.3 Å². The molecule has 144 valence electrons. The molecule has 0 bridgehead atoms. The van der Waals surface area contributed by atoms with E-state index in [0.717, 1.165) is 17.5 Å². The molecule has 1 aromatic carbocycles. The van der Waals surface area contributed by atoms with E-state index in [9.17, 15) is 13.2 Å². The molecule has 2 aliphatic heterocycles. The summed E-state index contributed by atoms with van der Waals surface area (Å²) in [5.41, 5.74) is 1.98. The zero-order chi connectivity index (χ0) is 18.9. The number of methoxy groups -OCH3 is 1. The first kappa shape index (κ1) is 19.3. The average molecular weight is 381 g/mol. The van der Waals surface area contributed by atoms with Crippen molar-refractivity contribution in [3.8, 4) is 0 Å². The Morgan fingerprint density at radius 1 is 1.35 bits per heavy atom. The minimum Gasteiger partial charge on any atom is -0.384 e. The third-order valence-electron chi connectivity index (χ3n) is 5.79. The number of carbonyl (C=O) groups excluding carboxylic acids is 1. The predicted molar refractivity (Wildman–Crippen MR) is 100 cm³/mol. The standard InChI is InChI=1S/C19H28N2O4S/c1-15-5-4-6-16(9-15)10-18(22)20-8-7-19(14-25-2)13-21(26(3,23)24)12-17(19)11-20/h4-6,9,17H,7-8,10-14H2,1-3H3/t17-,19+/m1/s1. The molecule has 1 aromatic rings. The van der Waals surface area contributed by atoms with Crippen LogP contribution in [0.4, 0.5) is 0 Å². The first-order valence-electron chi connectivity index (χ1n) is 9.01. The summed E-state index contributed by atoms with van der Waals surface area (Å²) in [6.07, 6.45) is 2.42. The molecule has 0 aliphatic carbocycles. The Morgan fingerprint density at radius 3 is 2.77 bits per heavy atom. The maximum Gasteiger partial charge on any atom is 0.227 e. The van der Waals surface area contributed by atoms with Crippen LogP contribution in [0, 0.1) is 18.3 Å². The van der Waals surface area contributed by atoms with Crippen LogP contribution in [0.2, 0.25) is 0 Å². The Kier molecular flexibility index (Phi) is 5.42. The zero-order valence-electron chi connectivity index (χ0n) is 15.8. The van der Waals surface area contributed by atoms with Crippen molar-refractivity contribution in [1.82, 2.24) is 9.21 Å². The number of ether oxygens (including phenoxy) is 1. The largest absolute Gasteiger partial charge is 0.384 e. The van der Waals surface area contributed by atoms with Crippen molar-refractivity contribution >= 4 is 15.9 Å². The van der Waals surface area contributed by atoms with Gasteiger partial charge < -0.3 is 9.64 Å². The van der Waals surface area contributed by atoms with E-state index in [-0.39, 0.29) is 17.2 Å². The number of fused-ring (bicyclic) bond motifs is 1. The van der Waals surface area contributed by atoms with Crippen molar-refractivity contribution in [3.63, 3.8) is 0 Å². The van der Waals surface area contributed by atoms with Crippen molar-refractivity contribution in [2.45, 2.75) is 19.8 Å². The summed E-state index contributed by atoms with van der Waals surface area (Å²) >= 11 is 0. The van der Waals surface area contributed by atoms with Crippen LogP contribution in [0.3, 0.4) is 0 Å². The number of hydrogen-bond donors (Lipinski definition) is 0. The van der Waals surface area contributed by atoms with Crippen LogP contribution in [-0.4, -0.2) is 69.7 Å². The van der Waals surface area contributed by atoms with E-state index in [1.54, 1.807) is 11.4 Å². The fraction of sp³-hybridized carbons (Fsp3) is 0.632. The molecule has 0 N–H and O–H groups in total. The maximum absolute atomic E-state index is 12.8. The fourth-order valence-corrected chi connectivity index (χ4v) is 5.29. The SMILES string of the molecule is COC[C@@]12CCN(C(=O)Cc3cccc(C)c3)C[C@@H]1CN(S(C)(=O)=O)C2. The average Bonchev–Trinajstić information content (AvgIpc) is 2.94. The molecule has 7 heteroatoms. The molecule has 0 radical (unpaired) electrons. The lowest BCUT2D eigenvalue weighted by molar-refractivity contribution is -0.134. The predicted octanol–water partition coefficient (Wildman–Crippen LogP) is 1.29. The highest BCUT2D eigenvalue weighted by Crippen LogP contribution is 2.43. The van der Waals surface area contributed by atoms with Gasteiger partial charge in [-0.2, -0.15) is 0 Å². The Balaban J connectivity index is 1.72. The molecular formula is C19H28N2O4S. The number of aryl methyl sites for hydroxylation is 1. The Bertz CT molecular complexity index is 779. The molecule has 2 saturated heterocycles. The number of piperidine rings is 1. The zero-order valence-corrected chi connectivity index (χ0v) is 16.6. The van der Waals surface area contributed by atoms with E-state index < -0.39 is 10.0 Å². The van der Waals surface area contributed by atoms with Gasteiger partial charge in [0.1, 0.15) is 0 Å². The highest BCUT2D eigenvalue weighted by Gasteiger charge is 2.52. The number of benzene rings is 1. The Labute approximate surface area is 156 Å². The smallest absolute Gasteiger partial charge is 0.227 e. The van der Waals surface area contributed by atoms with Crippen LogP contribution in [-0.2, 0) is 26.0 Å². The summed E-state index contributed by atoms with van der Waals surface area (Å²) in [7, 11) is -1.58. The minimum absolute atomic E-state index is 0.111. The van der Waals surface area contributed by atoms with Crippen LogP contribution in [0.15, 0.2) is 24.3 Å². The molecule has 0 spiro atoms. The first-order chi connectivity index (χ1) is 12.2. The molecule has 2 heterocycles. The van der Waals surface area contributed by atoms with Crippen molar-refractivity contribution < 1.29 is 17.9 Å². The van der Waals surface area contributed by atoms with Gasteiger partial charge in [0.2, 0.25) is 15.9 Å². The number of carbonyl (C=O) groups is 1. The van der Waals surface area contributed by atoms with E-state index >= 15 is 0 Å². The molecule has 2 aliphatic rings. The second-order valence-corrected chi connectivity index (χ2v) is 9.79. The third kappa shape index (κ3) is 3.94. The van der Waals surface area contributed by atoms with Crippen LogP contribution >= 0.6 is 0 Å². The third-order valence-corrected chi connectivity index (χ3v) is 7.01. The Morgan fingerprint density at radius 2 is 2.12 bits per heavy atom. The van der Waals surface area contributed by atoms with Crippen molar-refractivity contribution in [2.75, 3.05) is 46.2 Å². The molecule has 0 saturated carbocycles. The number of nitrogens with zero attached hydrogens (tertiary/aromatic N) is 2. The van der Waals surface area contributed by atoms with Crippen molar-refractivity contribution in [1.29, 1.82) is 0 Å². The highest BCUT2D eigenvalue weighted by molar-refractivity contribution is 7.88. The Hall–Kier alpha value is -1.44. The summed E-state index contributed by atoms with van der Waals surface area (Å²) in [6, 6.07) is 8.01. The first-order valence-corrected chi connectivity index (χ1v) is 10.9. The van der Waals surface area contributed by atoms with E-state index in [1.165, 1.54) is 6.26 Å². The quantitative estimate of drug-likeness (QED) is 0.772. The molecule has 1 amide bonds. The van der Waals surface area contributed by atoms with Gasteiger partial charge in [0.25, 0.3) is 0 Å². The summed E-state index contributed by atoms with van der Waals surface area (Å²) in [5, 5.41) is 0. The van der Waals surface area contributed by atoms with Gasteiger partial charge in [-0.05, 0) is 24.8 Å². The molecule has 3 rings (SSSR count). The van der Waals surface area contributed by atoms with E-state index in [4.69, 9.17) is 4.74 Å². The monoisotopic (exact) mass is 380 g/mol. The van der Waals surface area contributed by atoms with Crippen LogP contribution in [0.25, 0.3) is 0 Å². The van der Waals surface area contributed by atoms with E-state index in [0.29, 0.717) is 39.2 Å². The molecule has 6 nitrogen and oxygen atoms in total. The van der Waals surface area contributed by atoms with Gasteiger partial charge in [-0.1, -0.05) is 29.8 Å². The van der Waals surface area contributed by atoms with Gasteiger partial charge in [-0.25, -0.2) is 12.7 Å². The van der Waals surface area contributed by atoms with E-state index in [1.807, 2.05) is 36.1 Å². The van der Waals surface area contributed by atoms with Gasteiger partial charge in [0.15, 0.2) is 0 Å². The van der Waals surface area contributed by atoms with Gasteiger partial charge in [-0.3, -0.25) is 4.79 Å². The number of amides is 1. The number of hydrogen-bond acceptors (Lipinski definition) is 4. The number of likely N-dealkylation sites (tertiary alicyclic amines) is 1.